The Morgan fingerprint density at radius 3 is 2.14 bits per heavy atom. The number of likely N-dealkylation sites (tertiary alicyclic amines) is 1. The third kappa shape index (κ3) is 4.40. The van der Waals surface area contributed by atoms with Crippen LogP contribution in [0.25, 0.3) is 0 Å². The van der Waals surface area contributed by atoms with Crippen molar-refractivity contribution in [2.24, 2.45) is 0 Å². The molecule has 1 fully saturated rings. The lowest BCUT2D eigenvalue weighted by Gasteiger charge is -2.18. The molecule has 0 spiro atoms. The highest BCUT2D eigenvalue weighted by atomic mass is 32.2. The Labute approximate surface area is 170 Å². The fraction of sp³-hybridized carbons (Fsp3) is 0.350. The molecule has 2 aromatic carbocycles. The maximum absolute atomic E-state index is 12.9. The van der Waals surface area contributed by atoms with E-state index in [0.717, 1.165) is 12.8 Å². The Bertz CT molecular complexity index is 1000. The van der Waals surface area contributed by atoms with Gasteiger partial charge in [0.05, 0.1) is 37.5 Å². The van der Waals surface area contributed by atoms with Gasteiger partial charge in [0.2, 0.25) is 0 Å². The number of anilines is 1. The summed E-state index contributed by atoms with van der Waals surface area (Å²) in [6, 6.07) is 8.94. The number of ether oxygens (including phenoxy) is 3. The standard InChI is InChI=1S/C20H24N2O6S/c1-26-17-9-7-15(13-16(17)20(23)22-10-4-5-11-22)29(24,25)21-14-6-8-18(27-2)19(12-14)28-3/h6-9,12-13,21H,4-5,10-11H2,1-3H3. The second-order valence-electron chi connectivity index (χ2n) is 6.54. The molecule has 9 heteroatoms. The van der Waals surface area contributed by atoms with Crippen molar-refractivity contribution in [2.75, 3.05) is 39.1 Å². The maximum Gasteiger partial charge on any atom is 0.261 e. The largest absolute Gasteiger partial charge is 0.496 e. The number of carbonyl (C=O) groups excluding carboxylic acids is 1. The summed E-state index contributed by atoms with van der Waals surface area (Å²) in [5.74, 6) is 0.986. The van der Waals surface area contributed by atoms with Crippen molar-refractivity contribution in [3.05, 3.63) is 42.0 Å². The van der Waals surface area contributed by atoms with Crippen molar-refractivity contribution in [1.82, 2.24) is 4.90 Å². The van der Waals surface area contributed by atoms with E-state index in [-0.39, 0.29) is 16.4 Å². The van der Waals surface area contributed by atoms with Gasteiger partial charge in [-0.3, -0.25) is 9.52 Å². The van der Waals surface area contributed by atoms with E-state index in [1.165, 1.54) is 45.6 Å². The van der Waals surface area contributed by atoms with E-state index in [2.05, 4.69) is 4.72 Å². The Balaban J connectivity index is 1.92. The van der Waals surface area contributed by atoms with Gasteiger partial charge in [0.25, 0.3) is 15.9 Å². The van der Waals surface area contributed by atoms with Crippen LogP contribution >= 0.6 is 0 Å². The monoisotopic (exact) mass is 420 g/mol. The molecule has 0 saturated carbocycles. The first-order chi connectivity index (χ1) is 13.9. The summed E-state index contributed by atoms with van der Waals surface area (Å²) in [4.78, 5) is 14.5. The molecule has 0 aromatic heterocycles. The molecule has 1 heterocycles. The number of sulfonamides is 1. The second-order valence-corrected chi connectivity index (χ2v) is 8.22. The van der Waals surface area contributed by atoms with Gasteiger partial charge < -0.3 is 19.1 Å². The Kier molecular flexibility index (Phi) is 6.17. The topological polar surface area (TPSA) is 94.2 Å². The van der Waals surface area contributed by atoms with Gasteiger partial charge in [0.15, 0.2) is 11.5 Å². The molecule has 29 heavy (non-hydrogen) atoms. The van der Waals surface area contributed by atoms with E-state index in [0.29, 0.717) is 36.0 Å². The highest BCUT2D eigenvalue weighted by molar-refractivity contribution is 7.92. The summed E-state index contributed by atoms with van der Waals surface area (Å²) in [5.41, 5.74) is 0.537. The number of nitrogens with one attached hydrogen (secondary N) is 1. The highest BCUT2D eigenvalue weighted by Crippen LogP contribution is 2.31. The highest BCUT2D eigenvalue weighted by Gasteiger charge is 2.25. The van der Waals surface area contributed by atoms with Crippen LogP contribution in [-0.4, -0.2) is 53.6 Å². The van der Waals surface area contributed by atoms with Gasteiger partial charge in [-0.15, -0.1) is 0 Å². The Hall–Kier alpha value is -2.94. The molecule has 1 aliphatic heterocycles. The third-order valence-corrected chi connectivity index (χ3v) is 6.12. The van der Waals surface area contributed by atoms with Crippen LogP contribution in [0.1, 0.15) is 23.2 Å². The molecular formula is C20H24N2O6S. The van der Waals surface area contributed by atoms with Crippen LogP contribution in [0.4, 0.5) is 5.69 Å². The number of benzene rings is 2. The van der Waals surface area contributed by atoms with Crippen LogP contribution in [0, 0.1) is 0 Å². The second kappa shape index (κ2) is 8.60. The van der Waals surface area contributed by atoms with E-state index in [1.54, 1.807) is 17.0 Å². The number of hydrogen-bond donors (Lipinski definition) is 1. The number of methoxy groups -OCH3 is 3. The molecule has 8 nitrogen and oxygen atoms in total. The molecule has 3 rings (SSSR count). The predicted molar refractivity (Wildman–Crippen MR) is 108 cm³/mol. The zero-order valence-electron chi connectivity index (χ0n) is 16.6. The van der Waals surface area contributed by atoms with Crippen LogP contribution in [0.3, 0.4) is 0 Å². The number of hydrogen-bond acceptors (Lipinski definition) is 6. The quantitative estimate of drug-likeness (QED) is 0.740. The van der Waals surface area contributed by atoms with E-state index in [1.807, 2.05) is 0 Å². The zero-order valence-corrected chi connectivity index (χ0v) is 17.4. The van der Waals surface area contributed by atoms with Crippen molar-refractivity contribution in [3.8, 4) is 17.2 Å². The average Bonchev–Trinajstić information content (AvgIpc) is 3.27. The van der Waals surface area contributed by atoms with Gasteiger partial charge in [-0.05, 0) is 43.2 Å². The van der Waals surface area contributed by atoms with Gasteiger partial charge in [0, 0.05) is 19.2 Å². The van der Waals surface area contributed by atoms with E-state index >= 15 is 0 Å². The van der Waals surface area contributed by atoms with Crippen LogP contribution in [0.2, 0.25) is 0 Å². The Morgan fingerprint density at radius 1 is 0.897 bits per heavy atom. The molecule has 1 N–H and O–H groups in total. The summed E-state index contributed by atoms with van der Waals surface area (Å²) in [5, 5.41) is 0. The fourth-order valence-electron chi connectivity index (χ4n) is 3.23. The van der Waals surface area contributed by atoms with Crippen molar-refractivity contribution in [3.63, 3.8) is 0 Å². The minimum absolute atomic E-state index is 0.0318. The SMILES string of the molecule is COc1ccc(NS(=O)(=O)c2ccc(OC)c(C(=O)N3CCCC3)c2)cc1OC. The van der Waals surface area contributed by atoms with Crippen molar-refractivity contribution >= 4 is 21.6 Å². The Morgan fingerprint density at radius 2 is 1.52 bits per heavy atom. The normalized spacial score (nSPS) is 13.8. The van der Waals surface area contributed by atoms with E-state index in [4.69, 9.17) is 14.2 Å². The maximum atomic E-state index is 12.9. The molecule has 1 amide bonds. The molecule has 0 atom stereocenters. The molecule has 0 radical (unpaired) electrons. The lowest BCUT2D eigenvalue weighted by atomic mass is 10.1. The van der Waals surface area contributed by atoms with Crippen LogP contribution in [-0.2, 0) is 10.0 Å². The summed E-state index contributed by atoms with van der Waals surface area (Å²) in [6.45, 7) is 1.31. The molecule has 1 aliphatic rings. The first kappa shape index (κ1) is 20.8. The summed E-state index contributed by atoms with van der Waals surface area (Å²) in [6.07, 6.45) is 1.87. The first-order valence-electron chi connectivity index (χ1n) is 9.11. The molecular weight excluding hydrogens is 396 g/mol. The minimum atomic E-state index is -3.94. The van der Waals surface area contributed by atoms with Crippen LogP contribution in [0.5, 0.6) is 17.2 Å². The van der Waals surface area contributed by atoms with E-state index in [9.17, 15) is 13.2 Å². The van der Waals surface area contributed by atoms with Crippen LogP contribution < -0.4 is 18.9 Å². The molecule has 156 valence electrons. The van der Waals surface area contributed by atoms with Gasteiger partial charge in [-0.2, -0.15) is 0 Å². The van der Waals surface area contributed by atoms with Crippen LogP contribution in [0.15, 0.2) is 41.3 Å². The van der Waals surface area contributed by atoms with Gasteiger partial charge >= 0.3 is 0 Å². The molecule has 1 saturated heterocycles. The first-order valence-corrected chi connectivity index (χ1v) is 10.6. The van der Waals surface area contributed by atoms with Crippen molar-refractivity contribution < 1.29 is 27.4 Å². The fourth-order valence-corrected chi connectivity index (χ4v) is 4.30. The smallest absolute Gasteiger partial charge is 0.261 e. The molecule has 2 aromatic rings. The lowest BCUT2D eigenvalue weighted by molar-refractivity contribution is 0.0789. The van der Waals surface area contributed by atoms with Gasteiger partial charge in [-0.1, -0.05) is 0 Å². The predicted octanol–water partition coefficient (Wildman–Crippen LogP) is 2.75. The summed E-state index contributed by atoms with van der Waals surface area (Å²) in [7, 11) is 0.482. The van der Waals surface area contributed by atoms with Crippen molar-refractivity contribution in [2.45, 2.75) is 17.7 Å². The van der Waals surface area contributed by atoms with Crippen molar-refractivity contribution in [1.29, 1.82) is 0 Å². The summed E-state index contributed by atoms with van der Waals surface area (Å²) < 4.78 is 44.0. The van der Waals surface area contributed by atoms with E-state index < -0.39 is 10.0 Å². The third-order valence-electron chi connectivity index (χ3n) is 4.74. The number of amides is 1. The average molecular weight is 420 g/mol. The number of nitrogens with zero attached hydrogens (tertiary/aromatic N) is 1. The molecule has 0 bridgehead atoms. The minimum Gasteiger partial charge on any atom is -0.496 e. The summed E-state index contributed by atoms with van der Waals surface area (Å²) >= 11 is 0. The molecule has 0 aliphatic carbocycles. The number of carbonyl (C=O) groups is 1. The van der Waals surface area contributed by atoms with Gasteiger partial charge in [-0.25, -0.2) is 8.42 Å². The van der Waals surface area contributed by atoms with Gasteiger partial charge in [0.1, 0.15) is 5.75 Å². The zero-order chi connectivity index (χ0) is 21.0. The lowest BCUT2D eigenvalue weighted by Crippen LogP contribution is -2.28. The molecule has 0 unspecified atom stereocenters. The number of rotatable bonds is 7.